The normalized spacial score (nSPS) is 11.5. The number of rotatable bonds is 7. The van der Waals surface area contributed by atoms with E-state index in [4.69, 9.17) is 5.73 Å². The van der Waals surface area contributed by atoms with Gasteiger partial charge in [0, 0.05) is 19.1 Å². The van der Waals surface area contributed by atoms with Crippen molar-refractivity contribution in [3.63, 3.8) is 0 Å². The van der Waals surface area contributed by atoms with Gasteiger partial charge in [-0.1, -0.05) is 39.0 Å². The molecule has 0 radical (unpaired) electrons. The molecule has 1 aromatic heterocycles. The highest BCUT2D eigenvalue weighted by Crippen LogP contribution is 2.27. The Labute approximate surface area is 131 Å². The lowest BCUT2D eigenvalue weighted by Crippen LogP contribution is -2.36. The predicted molar refractivity (Wildman–Crippen MR) is 90.9 cm³/mol. The Morgan fingerprint density at radius 2 is 1.71 bits per heavy atom. The van der Waals surface area contributed by atoms with Gasteiger partial charge in [-0.2, -0.15) is 0 Å². The van der Waals surface area contributed by atoms with Crippen molar-refractivity contribution in [2.75, 3.05) is 24.1 Å². The van der Waals surface area contributed by atoms with E-state index in [0.717, 1.165) is 13.1 Å². The summed E-state index contributed by atoms with van der Waals surface area (Å²) in [7, 11) is 0. The highest BCUT2D eigenvalue weighted by molar-refractivity contribution is 7.18. The third kappa shape index (κ3) is 5.53. The van der Waals surface area contributed by atoms with Crippen LogP contribution in [0.5, 0.6) is 0 Å². The molecule has 6 heteroatoms. The summed E-state index contributed by atoms with van der Waals surface area (Å²) in [6, 6.07) is 0.265. The molecule has 0 saturated heterocycles. The predicted octanol–water partition coefficient (Wildman–Crippen LogP) is 3.30. The van der Waals surface area contributed by atoms with E-state index in [-0.39, 0.29) is 11.9 Å². The third-order valence-electron chi connectivity index (χ3n) is 2.72. The van der Waals surface area contributed by atoms with Gasteiger partial charge in [-0.25, -0.2) is 4.98 Å². The van der Waals surface area contributed by atoms with Gasteiger partial charge in [-0.05, 0) is 25.7 Å². The third-order valence-corrected chi connectivity index (χ3v) is 3.71. The zero-order valence-electron chi connectivity index (χ0n) is 13.9. The van der Waals surface area contributed by atoms with E-state index in [1.165, 1.54) is 11.3 Å². The van der Waals surface area contributed by atoms with Crippen LogP contribution in [-0.4, -0.2) is 34.9 Å². The van der Waals surface area contributed by atoms with Crippen LogP contribution in [0.4, 0.5) is 10.9 Å². The Morgan fingerprint density at radius 3 is 2.14 bits per heavy atom. The molecular weight excluding hydrogens is 284 g/mol. The molecule has 1 heterocycles. The lowest BCUT2D eigenvalue weighted by molar-refractivity contribution is 0.0721. The molecule has 0 saturated carbocycles. The number of amides is 1. The Hall–Kier alpha value is -1.30. The molecule has 0 spiro atoms. The summed E-state index contributed by atoms with van der Waals surface area (Å²) in [4.78, 5) is 19.4. The number of nitrogens with zero attached hydrogens (tertiary/aromatic N) is 2. The van der Waals surface area contributed by atoms with Gasteiger partial charge in [-0.3, -0.25) is 4.79 Å². The van der Waals surface area contributed by atoms with E-state index < -0.39 is 0 Å². The standard InChI is InChI=1S/C15H28N4OS/c1-9(2)7-19(8-10(3)4)14(20)12-13(16)18-15(21-12)17-11(5)6/h9-11H,7-8,16H2,1-6H3,(H,17,18). The molecule has 0 atom stereocenters. The number of aromatic nitrogens is 1. The molecule has 0 aliphatic carbocycles. The summed E-state index contributed by atoms with van der Waals surface area (Å²) in [6.07, 6.45) is 0. The second-order valence-electron chi connectivity index (χ2n) is 6.53. The number of thiazole rings is 1. The number of nitrogen functional groups attached to an aromatic ring is 1. The van der Waals surface area contributed by atoms with Gasteiger partial charge >= 0.3 is 0 Å². The lowest BCUT2D eigenvalue weighted by Gasteiger charge is -2.25. The maximum absolute atomic E-state index is 12.7. The van der Waals surface area contributed by atoms with Crippen molar-refractivity contribution in [3.8, 4) is 0 Å². The van der Waals surface area contributed by atoms with Crippen LogP contribution >= 0.6 is 11.3 Å². The fourth-order valence-electron chi connectivity index (χ4n) is 2.06. The van der Waals surface area contributed by atoms with Gasteiger partial charge in [0.15, 0.2) is 5.13 Å². The van der Waals surface area contributed by atoms with E-state index in [2.05, 4.69) is 38.0 Å². The SMILES string of the molecule is CC(C)CN(CC(C)C)C(=O)c1sc(NC(C)C)nc1N. The molecule has 5 nitrogen and oxygen atoms in total. The fraction of sp³-hybridized carbons (Fsp3) is 0.733. The maximum atomic E-state index is 12.7. The summed E-state index contributed by atoms with van der Waals surface area (Å²) in [6.45, 7) is 14.0. The number of carbonyl (C=O) groups is 1. The molecule has 0 bridgehead atoms. The zero-order valence-corrected chi connectivity index (χ0v) is 14.8. The molecule has 3 N–H and O–H groups in total. The monoisotopic (exact) mass is 312 g/mol. The summed E-state index contributed by atoms with van der Waals surface area (Å²) in [5.74, 6) is 1.17. The van der Waals surface area contributed by atoms with Gasteiger partial charge in [0.1, 0.15) is 10.7 Å². The number of anilines is 2. The Morgan fingerprint density at radius 1 is 1.19 bits per heavy atom. The maximum Gasteiger partial charge on any atom is 0.267 e. The van der Waals surface area contributed by atoms with Gasteiger partial charge in [0.05, 0.1) is 0 Å². The molecule has 1 aromatic rings. The Balaban J connectivity index is 2.94. The zero-order chi connectivity index (χ0) is 16.2. The quantitative estimate of drug-likeness (QED) is 0.810. The summed E-state index contributed by atoms with van der Waals surface area (Å²) < 4.78 is 0. The highest BCUT2D eigenvalue weighted by Gasteiger charge is 2.23. The average molecular weight is 312 g/mol. The molecule has 0 aliphatic rings. The van der Waals surface area contributed by atoms with Crippen LogP contribution in [0.2, 0.25) is 0 Å². The minimum atomic E-state index is -0.00999. The molecule has 0 aliphatic heterocycles. The van der Waals surface area contributed by atoms with E-state index >= 15 is 0 Å². The Bertz CT molecular complexity index is 458. The van der Waals surface area contributed by atoms with Crippen molar-refractivity contribution in [2.24, 2.45) is 11.8 Å². The average Bonchev–Trinajstić information content (AvgIpc) is 2.66. The molecule has 1 amide bonds. The van der Waals surface area contributed by atoms with Crippen molar-refractivity contribution in [3.05, 3.63) is 4.88 Å². The van der Waals surface area contributed by atoms with Gasteiger partial charge in [0.2, 0.25) is 0 Å². The van der Waals surface area contributed by atoms with E-state index in [9.17, 15) is 4.79 Å². The first-order chi connectivity index (χ1) is 9.70. The summed E-state index contributed by atoms with van der Waals surface area (Å²) >= 11 is 1.34. The van der Waals surface area contributed by atoms with Gasteiger partial charge in [-0.15, -0.1) is 0 Å². The van der Waals surface area contributed by atoms with E-state index in [0.29, 0.717) is 27.7 Å². The number of hydrogen-bond donors (Lipinski definition) is 2. The van der Waals surface area contributed by atoms with Crippen LogP contribution in [0.25, 0.3) is 0 Å². The topological polar surface area (TPSA) is 71.2 Å². The van der Waals surface area contributed by atoms with Crippen LogP contribution in [0.1, 0.15) is 51.2 Å². The number of nitrogens with one attached hydrogen (secondary N) is 1. The van der Waals surface area contributed by atoms with Gasteiger partial charge < -0.3 is 16.0 Å². The second kappa shape index (κ2) is 7.64. The highest BCUT2D eigenvalue weighted by atomic mass is 32.1. The fourth-order valence-corrected chi connectivity index (χ4v) is 3.06. The minimum Gasteiger partial charge on any atom is -0.382 e. The Kier molecular flexibility index (Phi) is 6.45. The summed E-state index contributed by atoms with van der Waals surface area (Å²) in [5.41, 5.74) is 5.93. The van der Waals surface area contributed by atoms with Crippen molar-refractivity contribution in [1.82, 2.24) is 9.88 Å². The van der Waals surface area contributed by atoms with E-state index in [1.807, 2.05) is 18.7 Å². The minimum absolute atomic E-state index is 0.00999. The lowest BCUT2D eigenvalue weighted by atomic mass is 10.1. The number of hydrogen-bond acceptors (Lipinski definition) is 5. The van der Waals surface area contributed by atoms with Crippen molar-refractivity contribution >= 4 is 28.2 Å². The second-order valence-corrected chi connectivity index (χ2v) is 7.53. The molecule has 0 unspecified atom stereocenters. The van der Waals surface area contributed by atoms with Crippen LogP contribution in [-0.2, 0) is 0 Å². The molecule has 0 fully saturated rings. The number of carbonyl (C=O) groups excluding carboxylic acids is 1. The van der Waals surface area contributed by atoms with Crippen LogP contribution in [0, 0.1) is 11.8 Å². The van der Waals surface area contributed by atoms with Gasteiger partial charge in [0.25, 0.3) is 5.91 Å². The smallest absolute Gasteiger partial charge is 0.267 e. The molecule has 120 valence electrons. The van der Waals surface area contributed by atoms with E-state index in [1.54, 1.807) is 0 Å². The van der Waals surface area contributed by atoms with Crippen molar-refractivity contribution < 1.29 is 4.79 Å². The largest absolute Gasteiger partial charge is 0.382 e. The molecular formula is C15H28N4OS. The van der Waals surface area contributed by atoms with Crippen molar-refractivity contribution in [1.29, 1.82) is 0 Å². The first kappa shape index (κ1) is 17.8. The first-order valence-corrected chi connectivity index (χ1v) is 8.34. The summed E-state index contributed by atoms with van der Waals surface area (Å²) in [5, 5.41) is 3.91. The van der Waals surface area contributed by atoms with Crippen LogP contribution in [0.3, 0.4) is 0 Å². The first-order valence-electron chi connectivity index (χ1n) is 7.52. The molecule has 21 heavy (non-hydrogen) atoms. The van der Waals surface area contributed by atoms with Crippen LogP contribution < -0.4 is 11.1 Å². The molecule has 1 rings (SSSR count). The number of nitrogens with two attached hydrogens (primary N) is 1. The van der Waals surface area contributed by atoms with Crippen LogP contribution in [0.15, 0.2) is 0 Å². The van der Waals surface area contributed by atoms with Crippen molar-refractivity contribution in [2.45, 2.75) is 47.6 Å². The molecule has 0 aromatic carbocycles.